The quantitative estimate of drug-likeness (QED) is 0.546. The maximum Gasteiger partial charge on any atom is 0.340 e. The largest absolute Gasteiger partial charge is 0.465 e. The third kappa shape index (κ3) is 5.50. The third-order valence-electron chi connectivity index (χ3n) is 5.45. The van der Waals surface area contributed by atoms with Crippen molar-refractivity contribution in [2.24, 2.45) is 0 Å². The van der Waals surface area contributed by atoms with Gasteiger partial charge in [-0.25, -0.2) is 22.3 Å². The molecule has 0 bridgehead atoms. The Bertz CT molecular complexity index is 1040. The summed E-state index contributed by atoms with van der Waals surface area (Å²) in [6.07, 6.45) is 1.48. The summed E-state index contributed by atoms with van der Waals surface area (Å²) in [5, 5.41) is 9.21. The zero-order valence-corrected chi connectivity index (χ0v) is 19.2. The fourth-order valence-corrected chi connectivity index (χ4v) is 6.71. The molecule has 3 rings (SSSR count). The zero-order chi connectivity index (χ0) is 22.6. The first kappa shape index (κ1) is 23.8. The van der Waals surface area contributed by atoms with E-state index in [0.29, 0.717) is 37.9 Å². The average Bonchev–Trinajstić information content (AvgIpc) is 3.13. The smallest absolute Gasteiger partial charge is 0.340 e. The SMILES string of the molecule is COC(=O)c1c(S(=O)(=O)NCCc2cccc(F)c2)sc2c1CCN(C(C)CCO)C2. The van der Waals surface area contributed by atoms with Gasteiger partial charge < -0.3 is 9.84 Å². The van der Waals surface area contributed by atoms with Gasteiger partial charge in [-0.2, -0.15) is 0 Å². The van der Waals surface area contributed by atoms with E-state index in [1.54, 1.807) is 12.1 Å². The molecule has 1 atom stereocenters. The van der Waals surface area contributed by atoms with Crippen LogP contribution in [-0.4, -0.2) is 57.2 Å². The number of aliphatic hydroxyl groups is 1. The number of benzene rings is 1. The van der Waals surface area contributed by atoms with E-state index in [0.717, 1.165) is 21.8 Å². The molecule has 1 aliphatic rings. The van der Waals surface area contributed by atoms with Crippen LogP contribution >= 0.6 is 11.3 Å². The Kier molecular flexibility index (Phi) is 7.82. The van der Waals surface area contributed by atoms with Crippen molar-refractivity contribution in [1.82, 2.24) is 9.62 Å². The summed E-state index contributed by atoms with van der Waals surface area (Å²) in [5.41, 5.74) is 1.50. The van der Waals surface area contributed by atoms with Gasteiger partial charge in [-0.05, 0) is 49.4 Å². The van der Waals surface area contributed by atoms with E-state index in [1.807, 2.05) is 6.92 Å². The molecule has 0 radical (unpaired) electrons. The van der Waals surface area contributed by atoms with E-state index in [2.05, 4.69) is 9.62 Å². The molecule has 31 heavy (non-hydrogen) atoms. The second-order valence-electron chi connectivity index (χ2n) is 7.52. The minimum Gasteiger partial charge on any atom is -0.465 e. The lowest BCUT2D eigenvalue weighted by atomic mass is 10.0. The van der Waals surface area contributed by atoms with Crippen LogP contribution in [0.25, 0.3) is 0 Å². The molecule has 2 heterocycles. The van der Waals surface area contributed by atoms with Crippen LogP contribution < -0.4 is 4.72 Å². The number of fused-ring (bicyclic) bond motifs is 1. The van der Waals surface area contributed by atoms with Gasteiger partial charge in [0.05, 0.1) is 12.7 Å². The van der Waals surface area contributed by atoms with Gasteiger partial charge in [-0.3, -0.25) is 4.90 Å². The molecule has 0 fully saturated rings. The van der Waals surface area contributed by atoms with E-state index < -0.39 is 16.0 Å². The highest BCUT2D eigenvalue weighted by Gasteiger charge is 2.34. The van der Waals surface area contributed by atoms with Crippen LogP contribution in [-0.2, 0) is 34.1 Å². The number of hydrogen-bond donors (Lipinski definition) is 2. The highest BCUT2D eigenvalue weighted by molar-refractivity contribution is 7.91. The monoisotopic (exact) mass is 470 g/mol. The number of carbonyl (C=O) groups excluding carboxylic acids is 1. The molecule has 2 N–H and O–H groups in total. The molecule has 1 aromatic heterocycles. The number of esters is 1. The number of rotatable bonds is 9. The predicted molar refractivity (Wildman–Crippen MR) is 116 cm³/mol. The molecular weight excluding hydrogens is 443 g/mol. The molecule has 0 amide bonds. The molecule has 1 aromatic carbocycles. The summed E-state index contributed by atoms with van der Waals surface area (Å²) in [4.78, 5) is 15.5. The Labute approximate surface area is 185 Å². The van der Waals surface area contributed by atoms with Crippen LogP contribution in [0.1, 0.15) is 39.7 Å². The Morgan fingerprint density at radius 3 is 2.87 bits per heavy atom. The lowest BCUT2D eigenvalue weighted by Crippen LogP contribution is -2.37. The van der Waals surface area contributed by atoms with Crippen LogP contribution in [0.5, 0.6) is 0 Å². The van der Waals surface area contributed by atoms with Crippen molar-refractivity contribution in [3.8, 4) is 0 Å². The van der Waals surface area contributed by atoms with Gasteiger partial charge in [0.2, 0.25) is 0 Å². The summed E-state index contributed by atoms with van der Waals surface area (Å²) in [6.45, 7) is 3.36. The summed E-state index contributed by atoms with van der Waals surface area (Å²) >= 11 is 1.09. The van der Waals surface area contributed by atoms with Crippen molar-refractivity contribution in [3.05, 3.63) is 51.7 Å². The average molecular weight is 471 g/mol. The predicted octanol–water partition coefficient (Wildman–Crippen LogP) is 2.32. The third-order valence-corrected chi connectivity index (χ3v) is 8.65. The van der Waals surface area contributed by atoms with Crippen LogP contribution in [0.4, 0.5) is 4.39 Å². The Balaban J connectivity index is 1.83. The van der Waals surface area contributed by atoms with Crippen molar-refractivity contribution < 1.29 is 27.4 Å². The first-order valence-corrected chi connectivity index (χ1v) is 12.4. The van der Waals surface area contributed by atoms with Crippen molar-refractivity contribution in [3.63, 3.8) is 0 Å². The summed E-state index contributed by atoms with van der Waals surface area (Å²) < 4.78 is 46.8. The van der Waals surface area contributed by atoms with E-state index >= 15 is 0 Å². The van der Waals surface area contributed by atoms with E-state index in [4.69, 9.17) is 4.74 Å². The second kappa shape index (κ2) is 10.2. The first-order valence-electron chi connectivity index (χ1n) is 10.1. The standard InChI is InChI=1S/C21H27FN2O5S2/c1-14(8-11-25)24-10-7-17-18(13-24)30-21(19(17)20(26)29-2)31(27,28)23-9-6-15-4-3-5-16(22)12-15/h3-5,12,14,23,25H,6-11,13H2,1-2H3. The molecule has 0 spiro atoms. The van der Waals surface area contributed by atoms with Crippen LogP contribution in [0.3, 0.4) is 0 Å². The zero-order valence-electron chi connectivity index (χ0n) is 17.6. The van der Waals surface area contributed by atoms with Gasteiger partial charge in [0, 0.05) is 37.2 Å². The molecule has 7 nitrogen and oxygen atoms in total. The number of halogens is 1. The van der Waals surface area contributed by atoms with Gasteiger partial charge in [-0.15, -0.1) is 11.3 Å². The highest BCUT2D eigenvalue weighted by Crippen LogP contribution is 2.37. The molecule has 2 aromatic rings. The number of sulfonamides is 1. The van der Waals surface area contributed by atoms with Crippen molar-refractivity contribution in [2.45, 2.75) is 43.0 Å². The number of hydrogen-bond acceptors (Lipinski definition) is 7. The van der Waals surface area contributed by atoms with Gasteiger partial charge >= 0.3 is 5.97 Å². The van der Waals surface area contributed by atoms with Gasteiger partial charge in [0.15, 0.2) is 0 Å². The molecule has 0 aliphatic carbocycles. The number of nitrogens with zero attached hydrogens (tertiary/aromatic N) is 1. The second-order valence-corrected chi connectivity index (χ2v) is 10.6. The number of carbonyl (C=O) groups is 1. The summed E-state index contributed by atoms with van der Waals surface area (Å²) in [7, 11) is -2.72. The van der Waals surface area contributed by atoms with Crippen molar-refractivity contribution >= 4 is 27.3 Å². The lowest BCUT2D eigenvalue weighted by Gasteiger charge is -2.32. The number of aliphatic hydroxyl groups excluding tert-OH is 1. The fraction of sp³-hybridized carbons (Fsp3) is 0.476. The number of nitrogens with one attached hydrogen (secondary N) is 1. The van der Waals surface area contributed by atoms with E-state index in [9.17, 15) is 22.7 Å². The lowest BCUT2D eigenvalue weighted by molar-refractivity contribution is 0.0595. The van der Waals surface area contributed by atoms with Crippen molar-refractivity contribution in [2.75, 3.05) is 26.8 Å². The maximum atomic E-state index is 13.3. The van der Waals surface area contributed by atoms with Crippen molar-refractivity contribution in [1.29, 1.82) is 0 Å². The van der Waals surface area contributed by atoms with Crippen LogP contribution in [0.2, 0.25) is 0 Å². The number of ether oxygens (including phenoxy) is 1. The molecule has 1 unspecified atom stereocenters. The van der Waals surface area contributed by atoms with Gasteiger partial charge in [-0.1, -0.05) is 12.1 Å². The van der Waals surface area contributed by atoms with E-state index in [1.165, 1.54) is 19.2 Å². The maximum absolute atomic E-state index is 13.3. The highest BCUT2D eigenvalue weighted by atomic mass is 32.2. The molecule has 10 heteroatoms. The molecular formula is C21H27FN2O5S2. The first-order chi connectivity index (χ1) is 14.8. The normalized spacial score (nSPS) is 15.5. The molecule has 0 saturated heterocycles. The molecule has 0 saturated carbocycles. The Morgan fingerprint density at radius 1 is 1.42 bits per heavy atom. The topological polar surface area (TPSA) is 95.9 Å². The minimum absolute atomic E-state index is 0.0414. The number of methoxy groups -OCH3 is 1. The minimum atomic E-state index is -3.95. The van der Waals surface area contributed by atoms with E-state index in [-0.39, 0.29) is 34.8 Å². The summed E-state index contributed by atoms with van der Waals surface area (Å²) in [6, 6.07) is 6.14. The van der Waals surface area contributed by atoms with Crippen LogP contribution in [0, 0.1) is 5.82 Å². The molecule has 1 aliphatic heterocycles. The van der Waals surface area contributed by atoms with Gasteiger partial charge in [0.25, 0.3) is 10.0 Å². The Morgan fingerprint density at radius 2 is 2.19 bits per heavy atom. The van der Waals surface area contributed by atoms with Gasteiger partial charge in [0.1, 0.15) is 10.0 Å². The fourth-order valence-electron chi connectivity index (χ4n) is 3.73. The summed E-state index contributed by atoms with van der Waals surface area (Å²) in [5.74, 6) is -1.04. The Hall–Kier alpha value is -1.85. The number of thiophene rings is 1. The molecule has 170 valence electrons. The van der Waals surface area contributed by atoms with Crippen LogP contribution in [0.15, 0.2) is 28.5 Å².